The number of ether oxygens (including phenoxy) is 2. The molecule has 1 fully saturated rings. The van der Waals surface area contributed by atoms with Crippen molar-refractivity contribution >= 4 is 5.91 Å². The molecule has 0 aromatic carbocycles. The normalized spacial score (nSPS) is 24.9. The lowest BCUT2D eigenvalue weighted by molar-refractivity contribution is -0.217. The van der Waals surface area contributed by atoms with E-state index in [2.05, 4.69) is 0 Å². The fourth-order valence-electron chi connectivity index (χ4n) is 0.857. The summed E-state index contributed by atoms with van der Waals surface area (Å²) < 4.78 is 10.1. The molecular weight excluding hydrogens is 146 g/mol. The zero-order valence-electron chi connectivity index (χ0n) is 6.79. The first-order valence-corrected chi connectivity index (χ1v) is 3.54. The van der Waals surface area contributed by atoms with E-state index in [1.54, 1.807) is 0 Å². The molecule has 2 N–H and O–H groups in total. The Bertz CT molecular complexity index is 157. The van der Waals surface area contributed by atoms with E-state index >= 15 is 0 Å². The Morgan fingerprint density at radius 1 is 1.45 bits per heavy atom. The fraction of sp³-hybridized carbons (Fsp3) is 0.857. The number of hydrogen-bond acceptors (Lipinski definition) is 3. The topological polar surface area (TPSA) is 61.5 Å². The molecule has 0 aromatic heterocycles. The van der Waals surface area contributed by atoms with E-state index < -0.39 is 12.2 Å². The first-order chi connectivity index (χ1) is 5.01. The summed E-state index contributed by atoms with van der Waals surface area (Å²) in [5.41, 5.74) is 4.96. The van der Waals surface area contributed by atoms with Gasteiger partial charge in [0.1, 0.15) is 0 Å². The van der Waals surface area contributed by atoms with Crippen LogP contribution in [0.2, 0.25) is 0 Å². The first kappa shape index (κ1) is 8.49. The van der Waals surface area contributed by atoms with Crippen LogP contribution in [0.5, 0.6) is 0 Å². The maximum atomic E-state index is 10.5. The highest BCUT2D eigenvalue weighted by Crippen LogP contribution is 2.22. The number of hydrogen-bond donors (Lipinski definition) is 1. The van der Waals surface area contributed by atoms with Crippen LogP contribution in [0.3, 0.4) is 0 Å². The van der Waals surface area contributed by atoms with Crippen LogP contribution in [0.4, 0.5) is 0 Å². The molecule has 0 aromatic rings. The largest absolute Gasteiger partial charge is 0.365 e. The molecule has 0 atom stereocenters. The second-order valence-electron chi connectivity index (χ2n) is 3.52. The molecule has 0 aliphatic carbocycles. The molecule has 1 amide bonds. The summed E-state index contributed by atoms with van der Waals surface area (Å²) in [6.45, 7) is 5.04. The number of amides is 1. The summed E-state index contributed by atoms with van der Waals surface area (Å²) in [6.07, 6.45) is -0.844. The number of nitrogens with two attached hydrogens (primary N) is 1. The second-order valence-corrected chi connectivity index (χ2v) is 3.52. The molecule has 1 saturated heterocycles. The van der Waals surface area contributed by atoms with Gasteiger partial charge in [0.2, 0.25) is 6.29 Å². The van der Waals surface area contributed by atoms with Crippen LogP contribution in [-0.4, -0.2) is 25.4 Å². The number of rotatable bonds is 1. The van der Waals surface area contributed by atoms with E-state index in [4.69, 9.17) is 15.2 Å². The molecule has 0 radical (unpaired) electrons. The lowest BCUT2D eigenvalue weighted by atomic mass is 9.96. The molecule has 0 unspecified atom stereocenters. The van der Waals surface area contributed by atoms with Crippen molar-refractivity contribution in [1.82, 2.24) is 0 Å². The molecule has 4 nitrogen and oxygen atoms in total. The molecule has 4 heteroatoms. The van der Waals surface area contributed by atoms with Crippen molar-refractivity contribution in [3.8, 4) is 0 Å². The smallest absolute Gasteiger partial charge is 0.274 e. The first-order valence-electron chi connectivity index (χ1n) is 3.54. The van der Waals surface area contributed by atoms with Crippen molar-refractivity contribution in [3.63, 3.8) is 0 Å². The standard InChI is InChI=1S/C7H13NO3/c1-7(2)3-10-6(5(8)9)11-4-7/h6H,3-4H2,1-2H3,(H2,8,9). The molecular formula is C7H13NO3. The van der Waals surface area contributed by atoms with Crippen molar-refractivity contribution in [3.05, 3.63) is 0 Å². The molecule has 1 rings (SSSR count). The minimum absolute atomic E-state index is 0.00799. The zero-order valence-corrected chi connectivity index (χ0v) is 6.79. The molecule has 0 spiro atoms. The van der Waals surface area contributed by atoms with Gasteiger partial charge in [0, 0.05) is 5.41 Å². The summed E-state index contributed by atoms with van der Waals surface area (Å²) in [5, 5.41) is 0. The summed E-state index contributed by atoms with van der Waals surface area (Å²) in [7, 11) is 0. The highest BCUT2D eigenvalue weighted by Gasteiger charge is 2.30. The second kappa shape index (κ2) is 2.79. The van der Waals surface area contributed by atoms with Gasteiger partial charge in [0.15, 0.2) is 0 Å². The fourth-order valence-corrected chi connectivity index (χ4v) is 0.857. The average Bonchev–Trinajstić information content (AvgIpc) is 1.86. The van der Waals surface area contributed by atoms with E-state index in [9.17, 15) is 4.79 Å². The van der Waals surface area contributed by atoms with Crippen LogP contribution in [0, 0.1) is 5.41 Å². The van der Waals surface area contributed by atoms with Crippen LogP contribution in [-0.2, 0) is 14.3 Å². The summed E-state index contributed by atoms with van der Waals surface area (Å²) in [6, 6.07) is 0. The Morgan fingerprint density at radius 2 is 1.91 bits per heavy atom. The quantitative estimate of drug-likeness (QED) is 0.579. The molecule has 0 saturated carbocycles. The van der Waals surface area contributed by atoms with Crippen molar-refractivity contribution < 1.29 is 14.3 Å². The molecule has 64 valence electrons. The predicted octanol–water partition coefficient (Wildman–Crippen LogP) is -0.129. The minimum Gasteiger partial charge on any atom is -0.365 e. The summed E-state index contributed by atoms with van der Waals surface area (Å²) in [4.78, 5) is 10.5. The van der Waals surface area contributed by atoms with Gasteiger partial charge in [-0.15, -0.1) is 0 Å². The Hall–Kier alpha value is -0.610. The Kier molecular flexibility index (Phi) is 2.15. The van der Waals surface area contributed by atoms with Gasteiger partial charge in [-0.25, -0.2) is 0 Å². The molecule has 0 bridgehead atoms. The summed E-state index contributed by atoms with van der Waals surface area (Å²) >= 11 is 0. The van der Waals surface area contributed by atoms with Crippen molar-refractivity contribution in [2.24, 2.45) is 11.1 Å². The van der Waals surface area contributed by atoms with Gasteiger partial charge in [-0.3, -0.25) is 4.79 Å². The average molecular weight is 159 g/mol. The molecule has 1 aliphatic heterocycles. The van der Waals surface area contributed by atoms with Crippen molar-refractivity contribution in [1.29, 1.82) is 0 Å². The van der Waals surface area contributed by atoms with Gasteiger partial charge in [0.05, 0.1) is 13.2 Å². The minimum atomic E-state index is -0.844. The molecule has 11 heavy (non-hydrogen) atoms. The van der Waals surface area contributed by atoms with Crippen LogP contribution in [0.25, 0.3) is 0 Å². The van der Waals surface area contributed by atoms with Gasteiger partial charge >= 0.3 is 0 Å². The van der Waals surface area contributed by atoms with Crippen molar-refractivity contribution in [2.75, 3.05) is 13.2 Å². The Morgan fingerprint density at radius 3 is 2.27 bits per heavy atom. The van der Waals surface area contributed by atoms with E-state index in [1.807, 2.05) is 13.8 Å². The third kappa shape index (κ3) is 2.17. The number of primary amides is 1. The third-order valence-electron chi connectivity index (χ3n) is 1.48. The lowest BCUT2D eigenvalue weighted by Crippen LogP contribution is -2.44. The monoisotopic (exact) mass is 159 g/mol. The maximum absolute atomic E-state index is 10.5. The highest BCUT2D eigenvalue weighted by molar-refractivity contribution is 5.77. The van der Waals surface area contributed by atoms with Crippen molar-refractivity contribution in [2.45, 2.75) is 20.1 Å². The van der Waals surface area contributed by atoms with Crippen LogP contribution in [0.15, 0.2) is 0 Å². The van der Waals surface area contributed by atoms with E-state index in [-0.39, 0.29) is 5.41 Å². The van der Waals surface area contributed by atoms with E-state index in [0.717, 1.165) is 0 Å². The van der Waals surface area contributed by atoms with E-state index in [1.165, 1.54) is 0 Å². The van der Waals surface area contributed by atoms with Crippen LogP contribution < -0.4 is 5.73 Å². The van der Waals surface area contributed by atoms with E-state index in [0.29, 0.717) is 13.2 Å². The third-order valence-corrected chi connectivity index (χ3v) is 1.48. The zero-order chi connectivity index (χ0) is 8.48. The molecule has 1 aliphatic rings. The lowest BCUT2D eigenvalue weighted by Gasteiger charge is -2.32. The van der Waals surface area contributed by atoms with Gasteiger partial charge in [0.25, 0.3) is 5.91 Å². The highest BCUT2D eigenvalue weighted by atomic mass is 16.7. The predicted molar refractivity (Wildman–Crippen MR) is 38.7 cm³/mol. The van der Waals surface area contributed by atoms with Crippen LogP contribution in [0.1, 0.15) is 13.8 Å². The Labute approximate surface area is 65.7 Å². The summed E-state index contributed by atoms with van der Waals surface area (Å²) in [5.74, 6) is -0.555. The number of carbonyl (C=O) groups is 1. The maximum Gasteiger partial charge on any atom is 0.274 e. The molecule has 1 heterocycles. The van der Waals surface area contributed by atoms with Crippen LogP contribution >= 0.6 is 0 Å². The van der Waals surface area contributed by atoms with Gasteiger partial charge in [-0.1, -0.05) is 13.8 Å². The van der Waals surface area contributed by atoms with Gasteiger partial charge in [-0.2, -0.15) is 0 Å². The number of carbonyl (C=O) groups excluding carboxylic acids is 1. The SMILES string of the molecule is CC1(C)COC(C(N)=O)OC1. The Balaban J connectivity index is 2.42. The van der Waals surface area contributed by atoms with Gasteiger partial charge in [-0.05, 0) is 0 Å². The van der Waals surface area contributed by atoms with Gasteiger partial charge < -0.3 is 15.2 Å².